The van der Waals surface area contributed by atoms with Crippen LogP contribution in [0.5, 0.6) is 17.2 Å². The van der Waals surface area contributed by atoms with Crippen molar-refractivity contribution in [2.45, 2.75) is 0 Å². The number of aromatic hydroxyl groups is 3. The van der Waals surface area contributed by atoms with Crippen molar-refractivity contribution in [2.24, 2.45) is 0 Å². The lowest BCUT2D eigenvalue weighted by molar-refractivity contribution is 0.0696. The number of carbonyl (C=O) groups is 3. The van der Waals surface area contributed by atoms with Gasteiger partial charge < -0.3 is 30.6 Å². The molecule has 3 heterocycles. The zero-order chi connectivity index (χ0) is 46.3. The second-order valence-electron chi connectivity index (χ2n) is 14.6. The molecule has 324 valence electrons. The van der Waals surface area contributed by atoms with Crippen LogP contribution in [0.3, 0.4) is 0 Å². The van der Waals surface area contributed by atoms with Gasteiger partial charge in [0.1, 0.15) is 67.4 Å². The van der Waals surface area contributed by atoms with Crippen LogP contribution >= 0.6 is 34.8 Å². The maximum absolute atomic E-state index is 13.7. The van der Waals surface area contributed by atoms with Crippen molar-refractivity contribution in [3.05, 3.63) is 141 Å². The molecule has 7 aromatic carbocycles. The van der Waals surface area contributed by atoms with Crippen molar-refractivity contribution in [3.8, 4) is 67.7 Å². The molecule has 0 aliphatic heterocycles. The van der Waals surface area contributed by atoms with Crippen LogP contribution in [-0.2, 0) is 0 Å². The molecule has 0 saturated heterocycles. The molecule has 21 heteroatoms. The van der Waals surface area contributed by atoms with E-state index in [9.17, 15) is 45.0 Å². The van der Waals surface area contributed by atoms with Gasteiger partial charge in [-0.3, -0.25) is 0 Å². The fraction of sp³-hybridized carbons (Fsp3) is 0. The first-order valence-corrected chi connectivity index (χ1v) is 20.3. The quantitative estimate of drug-likeness (QED) is 0.0788. The van der Waals surface area contributed by atoms with E-state index in [-0.39, 0.29) is 33.8 Å². The van der Waals surface area contributed by atoms with Gasteiger partial charge in [0.05, 0.1) is 16.7 Å². The molecule has 10 rings (SSSR count). The Balaban J connectivity index is 1.24. The Kier molecular flexibility index (Phi) is 9.79. The van der Waals surface area contributed by atoms with E-state index in [1.165, 1.54) is 36.4 Å². The average molecular weight is 941 g/mol. The van der Waals surface area contributed by atoms with E-state index in [4.69, 9.17) is 34.8 Å². The molecule has 66 heavy (non-hydrogen) atoms. The zero-order valence-electron chi connectivity index (χ0n) is 33.0. The first-order valence-electron chi connectivity index (χ1n) is 19.2. The molecule has 0 unspecified atom stereocenters. The highest BCUT2D eigenvalue weighted by molar-refractivity contribution is 6.32. The summed E-state index contributed by atoms with van der Waals surface area (Å²) in [7, 11) is 0. The molecule has 18 nitrogen and oxygen atoms in total. The standard InChI is InChI=1S/C45H24Cl3N9O9/c46-22-4-7-25-28(16-22)52-55(49-25)31-10-1-19(13-34(31)58)37-40(43(61)62)38(20-2-11-32(35(59)14-20)56-50-26-8-5-23(47)17-29(26)53-56)42(45(65)66)39(41(37)44(63)64)21-3-12-33(36(60)15-21)57-51-27-9-6-24(48)18-30(27)54-57/h1-18,58-60H,(H,61,62)(H,63,64)(H,65,66). The van der Waals surface area contributed by atoms with Crippen LogP contribution in [-0.4, -0.2) is 93.5 Å². The average Bonchev–Trinajstić information content (AvgIpc) is 4.01. The highest BCUT2D eigenvalue weighted by Crippen LogP contribution is 2.48. The van der Waals surface area contributed by atoms with Gasteiger partial charge in [-0.1, -0.05) is 53.0 Å². The van der Waals surface area contributed by atoms with Crippen LogP contribution in [0.25, 0.3) is 83.5 Å². The lowest BCUT2D eigenvalue weighted by Crippen LogP contribution is -2.17. The molecule has 3 aromatic heterocycles. The SMILES string of the molecule is O=C(O)c1c(-c2ccc(-n3nc4ccc(Cl)cc4n3)c(O)c2)c(C(=O)O)c(-c2ccc(-n3nc4ccc(Cl)cc4n3)c(O)c2)c(C(=O)O)c1-c1ccc(-n2nc3ccc(Cl)cc3n2)c(O)c1. The summed E-state index contributed by atoms with van der Waals surface area (Å²) in [4.78, 5) is 44.4. The van der Waals surface area contributed by atoms with Crippen molar-refractivity contribution < 1.29 is 45.0 Å². The van der Waals surface area contributed by atoms with E-state index in [0.717, 1.165) is 32.6 Å². The third-order valence-corrected chi connectivity index (χ3v) is 11.3. The molecule has 0 atom stereocenters. The Bertz CT molecular complexity index is 3350. The predicted molar refractivity (Wildman–Crippen MR) is 241 cm³/mol. The fourth-order valence-electron chi connectivity index (χ4n) is 7.79. The number of aromatic carboxylic acids is 3. The summed E-state index contributed by atoms with van der Waals surface area (Å²) in [6.07, 6.45) is 0. The number of aromatic nitrogens is 9. The molecule has 0 fully saturated rings. The molecule has 0 radical (unpaired) electrons. The summed E-state index contributed by atoms with van der Waals surface area (Å²) in [5.74, 6) is -6.89. The second kappa shape index (κ2) is 15.6. The van der Waals surface area contributed by atoms with E-state index in [1.807, 2.05) is 0 Å². The van der Waals surface area contributed by atoms with Gasteiger partial charge in [-0.15, -0.1) is 45.0 Å². The summed E-state index contributed by atoms with van der Waals surface area (Å²) in [5, 5.41) is 95.2. The van der Waals surface area contributed by atoms with E-state index >= 15 is 0 Å². The van der Waals surface area contributed by atoms with E-state index < -0.39 is 68.5 Å². The lowest BCUT2D eigenvalue weighted by atomic mass is 9.79. The predicted octanol–water partition coefficient (Wildman–Crippen LogP) is 9.06. The number of phenolic OH excluding ortho intramolecular Hbond substituents is 3. The van der Waals surface area contributed by atoms with Crippen LogP contribution in [0, 0.1) is 0 Å². The Morgan fingerprint density at radius 3 is 0.864 bits per heavy atom. The van der Waals surface area contributed by atoms with Gasteiger partial charge in [-0.05, 0) is 108 Å². The van der Waals surface area contributed by atoms with Gasteiger partial charge in [0.15, 0.2) is 0 Å². The normalized spacial score (nSPS) is 11.5. The smallest absolute Gasteiger partial charge is 0.337 e. The topological polar surface area (TPSA) is 265 Å². The summed E-state index contributed by atoms with van der Waals surface area (Å²) in [5.41, 5.74) is -2.22. The van der Waals surface area contributed by atoms with Gasteiger partial charge in [0.25, 0.3) is 0 Å². The summed E-state index contributed by atoms with van der Waals surface area (Å²) < 4.78 is 0. The Morgan fingerprint density at radius 1 is 0.364 bits per heavy atom. The van der Waals surface area contributed by atoms with Crippen molar-refractivity contribution >= 4 is 85.8 Å². The molecule has 0 spiro atoms. The van der Waals surface area contributed by atoms with Crippen LogP contribution in [0.2, 0.25) is 15.1 Å². The molecule has 0 saturated carbocycles. The van der Waals surface area contributed by atoms with Crippen molar-refractivity contribution in [2.75, 3.05) is 0 Å². The molecule has 0 aliphatic rings. The molecule has 0 aliphatic carbocycles. The summed E-state index contributed by atoms with van der Waals surface area (Å²) in [6.45, 7) is 0. The first kappa shape index (κ1) is 41.4. The number of hydrogen-bond donors (Lipinski definition) is 6. The molecular weight excluding hydrogens is 917 g/mol. The number of fused-ring (bicyclic) bond motifs is 3. The number of benzene rings is 7. The third-order valence-electron chi connectivity index (χ3n) is 10.6. The molecule has 6 N–H and O–H groups in total. The van der Waals surface area contributed by atoms with Crippen LogP contribution in [0.15, 0.2) is 109 Å². The molecule has 0 amide bonds. The fourth-order valence-corrected chi connectivity index (χ4v) is 8.29. The van der Waals surface area contributed by atoms with Crippen molar-refractivity contribution in [1.29, 1.82) is 0 Å². The number of nitrogens with zero attached hydrogens (tertiary/aromatic N) is 9. The highest BCUT2D eigenvalue weighted by Gasteiger charge is 2.36. The molecule has 10 aromatic rings. The third kappa shape index (κ3) is 6.97. The monoisotopic (exact) mass is 939 g/mol. The maximum atomic E-state index is 13.7. The largest absolute Gasteiger partial charge is 0.506 e. The summed E-state index contributed by atoms with van der Waals surface area (Å²) >= 11 is 18.4. The van der Waals surface area contributed by atoms with Gasteiger partial charge >= 0.3 is 17.9 Å². The van der Waals surface area contributed by atoms with E-state index in [1.54, 1.807) is 54.6 Å². The van der Waals surface area contributed by atoms with E-state index in [2.05, 4.69) is 30.6 Å². The lowest BCUT2D eigenvalue weighted by Gasteiger charge is -2.23. The van der Waals surface area contributed by atoms with Crippen molar-refractivity contribution in [1.82, 2.24) is 45.0 Å². The minimum absolute atomic E-state index is 0.00720. The molecular formula is C45H24Cl3N9O9. The van der Waals surface area contributed by atoms with Crippen LogP contribution in [0.4, 0.5) is 0 Å². The summed E-state index contributed by atoms with van der Waals surface area (Å²) in [6, 6.07) is 25.4. The Hall–Kier alpha value is -8.58. The minimum atomic E-state index is -1.77. The maximum Gasteiger partial charge on any atom is 0.337 e. The molecule has 0 bridgehead atoms. The Morgan fingerprint density at radius 2 is 0.621 bits per heavy atom. The van der Waals surface area contributed by atoms with Gasteiger partial charge in [0, 0.05) is 31.8 Å². The number of carboxylic acids is 3. The van der Waals surface area contributed by atoms with Gasteiger partial charge in [-0.2, -0.15) is 0 Å². The first-order chi connectivity index (χ1) is 31.6. The van der Waals surface area contributed by atoms with Gasteiger partial charge in [0.2, 0.25) is 0 Å². The van der Waals surface area contributed by atoms with Gasteiger partial charge in [-0.25, -0.2) is 14.4 Å². The van der Waals surface area contributed by atoms with Crippen LogP contribution in [0.1, 0.15) is 31.1 Å². The number of hydrogen-bond acceptors (Lipinski definition) is 12. The second-order valence-corrected chi connectivity index (χ2v) is 16.0. The highest BCUT2D eigenvalue weighted by atomic mass is 35.5. The minimum Gasteiger partial charge on any atom is -0.506 e. The number of carboxylic acid groups (broad SMARTS) is 3. The zero-order valence-corrected chi connectivity index (χ0v) is 35.2. The van der Waals surface area contributed by atoms with Crippen molar-refractivity contribution in [3.63, 3.8) is 0 Å². The number of rotatable bonds is 9. The van der Waals surface area contributed by atoms with Crippen LogP contribution < -0.4 is 0 Å². The number of halogens is 3. The Labute approximate surface area is 382 Å². The number of phenols is 3. The van der Waals surface area contributed by atoms with E-state index in [0.29, 0.717) is 48.2 Å².